The second kappa shape index (κ2) is 11.7. The lowest BCUT2D eigenvalue weighted by Crippen LogP contribution is -2.59. The van der Waals surface area contributed by atoms with Crippen LogP contribution in [0.2, 0.25) is 0 Å². The Morgan fingerprint density at radius 2 is 1.89 bits per heavy atom. The molecule has 35 heavy (non-hydrogen) atoms. The van der Waals surface area contributed by atoms with Gasteiger partial charge in [0.15, 0.2) is 0 Å². The van der Waals surface area contributed by atoms with E-state index in [2.05, 4.69) is 10.6 Å². The molecule has 1 heterocycles. The number of nitrogens with one attached hydrogen (secondary N) is 2. The van der Waals surface area contributed by atoms with Crippen LogP contribution in [0.15, 0.2) is 47.4 Å². The van der Waals surface area contributed by atoms with Crippen LogP contribution >= 0.6 is 0 Å². The molecule has 0 spiro atoms. The van der Waals surface area contributed by atoms with Crippen LogP contribution in [-0.2, 0) is 21.4 Å². The minimum absolute atomic E-state index is 0.0626. The van der Waals surface area contributed by atoms with Gasteiger partial charge in [0.1, 0.15) is 0 Å². The van der Waals surface area contributed by atoms with E-state index in [1.165, 1.54) is 16.4 Å². The van der Waals surface area contributed by atoms with E-state index in [1.54, 1.807) is 12.1 Å². The van der Waals surface area contributed by atoms with Gasteiger partial charge in [0.25, 0.3) is 0 Å². The highest BCUT2D eigenvalue weighted by Crippen LogP contribution is 2.26. The van der Waals surface area contributed by atoms with Crippen LogP contribution in [0.1, 0.15) is 30.5 Å². The summed E-state index contributed by atoms with van der Waals surface area (Å²) in [6.07, 6.45) is 0. The highest BCUT2D eigenvalue weighted by atomic mass is 32.2. The van der Waals surface area contributed by atoms with E-state index < -0.39 is 10.0 Å². The number of nitrogens with zero attached hydrogens (tertiary/aromatic N) is 3. The van der Waals surface area contributed by atoms with Crippen molar-refractivity contribution in [1.29, 1.82) is 5.26 Å². The third-order valence-corrected chi connectivity index (χ3v) is 8.14. The first-order chi connectivity index (χ1) is 16.6. The lowest BCUT2D eigenvalue weighted by Gasteiger charge is -2.43. The van der Waals surface area contributed by atoms with E-state index in [4.69, 9.17) is 10.4 Å². The van der Waals surface area contributed by atoms with E-state index in [0.29, 0.717) is 31.7 Å². The molecule has 10 heteroatoms. The lowest BCUT2D eigenvalue weighted by atomic mass is 10.1. The molecule has 3 N–H and O–H groups in total. The van der Waals surface area contributed by atoms with Gasteiger partial charge in [0, 0.05) is 44.0 Å². The van der Waals surface area contributed by atoms with Gasteiger partial charge in [0.2, 0.25) is 15.9 Å². The number of hydrogen-bond donors (Lipinski definition) is 3. The first kappa shape index (κ1) is 26.8. The summed E-state index contributed by atoms with van der Waals surface area (Å²) >= 11 is 0. The van der Waals surface area contributed by atoms with Crippen LogP contribution in [-0.4, -0.2) is 73.5 Å². The van der Waals surface area contributed by atoms with Gasteiger partial charge in [-0.15, -0.1) is 0 Å². The normalized spacial score (nSPS) is 19.3. The quantitative estimate of drug-likeness (QED) is 0.448. The number of hydrogen-bond acceptors (Lipinski definition) is 7. The van der Waals surface area contributed by atoms with Gasteiger partial charge in [-0.3, -0.25) is 9.69 Å². The molecule has 1 amide bonds. The molecule has 1 saturated heterocycles. The predicted molar refractivity (Wildman–Crippen MR) is 134 cm³/mol. The zero-order valence-corrected chi connectivity index (χ0v) is 21.2. The maximum absolute atomic E-state index is 13.3. The summed E-state index contributed by atoms with van der Waals surface area (Å²) in [5.41, 5.74) is 2.98. The summed E-state index contributed by atoms with van der Waals surface area (Å²) in [6, 6.07) is 13.2. The van der Waals surface area contributed by atoms with Gasteiger partial charge in [-0.2, -0.15) is 9.57 Å². The number of aryl methyl sites for hydroxylation is 1. The largest absolute Gasteiger partial charge is 0.395 e. The van der Waals surface area contributed by atoms with Crippen molar-refractivity contribution < 1.29 is 18.3 Å². The minimum atomic E-state index is -3.78. The topological polar surface area (TPSA) is 126 Å². The average Bonchev–Trinajstić information content (AvgIpc) is 2.80. The van der Waals surface area contributed by atoms with E-state index in [0.717, 1.165) is 16.8 Å². The van der Waals surface area contributed by atoms with Crippen LogP contribution < -0.4 is 10.6 Å². The lowest BCUT2D eigenvalue weighted by molar-refractivity contribution is -0.118. The molecule has 1 aliphatic rings. The van der Waals surface area contributed by atoms with E-state index in [-0.39, 0.29) is 36.0 Å². The van der Waals surface area contributed by atoms with E-state index >= 15 is 0 Å². The Bertz CT molecular complexity index is 1180. The maximum Gasteiger partial charge on any atom is 0.243 e. The van der Waals surface area contributed by atoms with Crippen LogP contribution in [0.4, 0.5) is 5.69 Å². The molecule has 0 aliphatic carbocycles. The Morgan fingerprint density at radius 1 is 1.17 bits per heavy atom. The summed E-state index contributed by atoms with van der Waals surface area (Å²) < 4.78 is 28.1. The third kappa shape index (κ3) is 6.66. The molecule has 3 rings (SSSR count). The summed E-state index contributed by atoms with van der Waals surface area (Å²) in [5, 5.41) is 24.2. The molecule has 2 atom stereocenters. The standard InChI is InChI=1S/C25H33N5O4S/c1-18-7-8-22(14-27-9-10-31)12-24(18)28-25(32)17-29-15-19(2)30(20(3)16-29)35(33,34)23-6-4-5-21(11-23)13-26/h4-8,11-12,19-20,27,31H,9-10,14-17H2,1-3H3,(H,28,32). The summed E-state index contributed by atoms with van der Waals surface area (Å²) in [7, 11) is -3.78. The smallest absolute Gasteiger partial charge is 0.243 e. The van der Waals surface area contributed by atoms with Gasteiger partial charge in [-0.25, -0.2) is 8.42 Å². The second-order valence-corrected chi connectivity index (χ2v) is 10.8. The van der Waals surface area contributed by atoms with Gasteiger partial charge in [-0.05, 0) is 56.2 Å². The summed E-state index contributed by atoms with van der Waals surface area (Å²) in [6.45, 7) is 7.72. The fraction of sp³-hybridized carbons (Fsp3) is 0.440. The SMILES string of the molecule is Cc1ccc(CNCCO)cc1NC(=O)CN1CC(C)N(S(=O)(=O)c2cccc(C#N)c2)C(C)C1. The molecule has 0 aromatic heterocycles. The fourth-order valence-electron chi connectivity index (χ4n) is 4.49. The zero-order chi connectivity index (χ0) is 25.6. The van der Waals surface area contributed by atoms with Crippen molar-refractivity contribution in [1.82, 2.24) is 14.5 Å². The van der Waals surface area contributed by atoms with Crippen molar-refractivity contribution in [2.45, 2.75) is 44.3 Å². The van der Waals surface area contributed by atoms with Gasteiger partial charge >= 0.3 is 0 Å². The van der Waals surface area contributed by atoms with Crippen molar-refractivity contribution in [2.75, 3.05) is 38.1 Å². The number of anilines is 1. The molecule has 188 valence electrons. The van der Waals surface area contributed by atoms with E-state index in [9.17, 15) is 13.2 Å². The third-order valence-electron chi connectivity index (χ3n) is 6.01. The van der Waals surface area contributed by atoms with Gasteiger partial charge in [0.05, 0.1) is 29.7 Å². The van der Waals surface area contributed by atoms with Gasteiger partial charge < -0.3 is 15.7 Å². The average molecular weight is 500 g/mol. The zero-order valence-electron chi connectivity index (χ0n) is 20.4. The Hall–Kier alpha value is -2.81. The number of aliphatic hydroxyl groups is 1. The molecule has 2 aromatic carbocycles. The molecular formula is C25H33N5O4S. The van der Waals surface area contributed by atoms with Crippen molar-refractivity contribution in [3.05, 3.63) is 59.2 Å². The number of benzene rings is 2. The predicted octanol–water partition coefficient (Wildman–Crippen LogP) is 1.67. The molecule has 1 aliphatic heterocycles. The number of piperazine rings is 1. The molecule has 0 bridgehead atoms. The van der Waals surface area contributed by atoms with Gasteiger partial charge in [-0.1, -0.05) is 18.2 Å². The number of aliphatic hydroxyl groups excluding tert-OH is 1. The Kier molecular flexibility index (Phi) is 8.99. The Morgan fingerprint density at radius 3 is 2.54 bits per heavy atom. The van der Waals surface area contributed by atoms with Crippen molar-refractivity contribution in [2.24, 2.45) is 0 Å². The molecule has 0 radical (unpaired) electrons. The molecule has 1 fully saturated rings. The summed E-state index contributed by atoms with van der Waals surface area (Å²) in [5.74, 6) is -0.161. The van der Waals surface area contributed by atoms with Crippen LogP contribution in [0.5, 0.6) is 0 Å². The summed E-state index contributed by atoms with van der Waals surface area (Å²) in [4.78, 5) is 14.9. The van der Waals surface area contributed by atoms with Crippen LogP contribution in [0, 0.1) is 18.3 Å². The van der Waals surface area contributed by atoms with Crippen LogP contribution in [0.3, 0.4) is 0 Å². The molecular weight excluding hydrogens is 466 g/mol. The van der Waals surface area contributed by atoms with Crippen molar-refractivity contribution in [3.63, 3.8) is 0 Å². The first-order valence-corrected chi connectivity index (χ1v) is 13.1. The number of carbonyl (C=O) groups excluding carboxylic acids is 1. The van der Waals surface area contributed by atoms with Crippen LogP contribution in [0.25, 0.3) is 0 Å². The second-order valence-electron chi connectivity index (χ2n) is 8.96. The number of rotatable bonds is 9. The molecule has 2 unspecified atom stereocenters. The molecule has 9 nitrogen and oxygen atoms in total. The highest BCUT2D eigenvalue weighted by molar-refractivity contribution is 7.89. The maximum atomic E-state index is 13.3. The highest BCUT2D eigenvalue weighted by Gasteiger charge is 2.38. The first-order valence-electron chi connectivity index (χ1n) is 11.6. The number of nitriles is 1. The molecule has 2 aromatic rings. The monoisotopic (exact) mass is 499 g/mol. The number of amides is 1. The van der Waals surface area contributed by atoms with E-state index in [1.807, 2.05) is 49.9 Å². The van der Waals surface area contributed by atoms with Crippen molar-refractivity contribution >= 4 is 21.6 Å². The minimum Gasteiger partial charge on any atom is -0.395 e. The Labute approximate surface area is 207 Å². The van der Waals surface area contributed by atoms with Crippen molar-refractivity contribution in [3.8, 4) is 6.07 Å². The fourth-order valence-corrected chi connectivity index (χ4v) is 6.34. The number of carbonyl (C=O) groups is 1. The Balaban J connectivity index is 1.64. The molecule has 0 saturated carbocycles. The number of sulfonamides is 1.